The van der Waals surface area contributed by atoms with Gasteiger partial charge >= 0.3 is 6.18 Å². The molecule has 0 saturated heterocycles. The van der Waals surface area contributed by atoms with E-state index in [1.807, 2.05) is 32.9 Å². The molecule has 0 amide bonds. The van der Waals surface area contributed by atoms with Crippen LogP contribution in [0.3, 0.4) is 0 Å². The summed E-state index contributed by atoms with van der Waals surface area (Å²) in [4.78, 5) is 2.85. The number of hydrogen-bond acceptors (Lipinski definition) is 1. The molecule has 1 nitrogen and oxygen atoms in total. The summed E-state index contributed by atoms with van der Waals surface area (Å²) in [5.74, 6) is 0. The number of pyridine rings is 1. The standard InChI is InChI=1S/C15H14F3NS/c1-8-4-9(2)14(10(3)5-8)12-6-11(15(16,17)18)7-13(20)19-12/h4-7H,1-3H3,(H,19,20). The van der Waals surface area contributed by atoms with Crippen molar-refractivity contribution in [2.75, 3.05) is 0 Å². The van der Waals surface area contributed by atoms with Gasteiger partial charge < -0.3 is 4.98 Å². The van der Waals surface area contributed by atoms with E-state index in [1.165, 1.54) is 0 Å². The molecule has 2 aromatic rings. The highest BCUT2D eigenvalue weighted by molar-refractivity contribution is 7.71. The normalized spacial score (nSPS) is 11.7. The molecule has 0 spiro atoms. The van der Waals surface area contributed by atoms with Crippen LogP contribution in [0.25, 0.3) is 11.3 Å². The van der Waals surface area contributed by atoms with E-state index < -0.39 is 11.7 Å². The third-order valence-corrected chi connectivity index (χ3v) is 3.34. The molecule has 106 valence electrons. The molecule has 1 aromatic heterocycles. The fourth-order valence-electron chi connectivity index (χ4n) is 2.45. The van der Waals surface area contributed by atoms with Gasteiger partial charge in [-0.25, -0.2) is 0 Å². The van der Waals surface area contributed by atoms with Gasteiger partial charge in [0.15, 0.2) is 0 Å². The first-order chi connectivity index (χ1) is 9.18. The zero-order valence-corrected chi connectivity index (χ0v) is 12.2. The van der Waals surface area contributed by atoms with Crippen LogP contribution >= 0.6 is 12.2 Å². The van der Waals surface area contributed by atoms with Crippen LogP contribution in [0, 0.1) is 25.4 Å². The monoisotopic (exact) mass is 297 g/mol. The zero-order chi connectivity index (χ0) is 15.1. The van der Waals surface area contributed by atoms with Crippen LogP contribution in [0.2, 0.25) is 0 Å². The van der Waals surface area contributed by atoms with Gasteiger partial charge in [-0.1, -0.05) is 29.9 Å². The van der Waals surface area contributed by atoms with Gasteiger partial charge in [0, 0.05) is 11.3 Å². The molecule has 0 saturated carbocycles. The van der Waals surface area contributed by atoms with Crippen molar-refractivity contribution in [3.8, 4) is 11.3 Å². The molecule has 0 bridgehead atoms. The smallest absolute Gasteiger partial charge is 0.346 e. The summed E-state index contributed by atoms with van der Waals surface area (Å²) in [5.41, 5.74) is 3.37. The molecule has 1 N–H and O–H groups in total. The zero-order valence-electron chi connectivity index (χ0n) is 11.4. The Kier molecular flexibility index (Phi) is 3.73. The maximum atomic E-state index is 12.9. The van der Waals surface area contributed by atoms with Crippen molar-refractivity contribution in [1.82, 2.24) is 4.98 Å². The number of aromatic nitrogens is 1. The second kappa shape index (κ2) is 5.05. The molecule has 0 aliphatic carbocycles. The van der Waals surface area contributed by atoms with Gasteiger partial charge in [0.05, 0.1) is 5.56 Å². The highest BCUT2D eigenvalue weighted by Gasteiger charge is 2.31. The Morgan fingerprint density at radius 3 is 2.00 bits per heavy atom. The first kappa shape index (κ1) is 14.8. The molecule has 0 unspecified atom stereocenters. The summed E-state index contributed by atoms with van der Waals surface area (Å²) in [6, 6.07) is 5.94. The van der Waals surface area contributed by atoms with Gasteiger partial charge in [0.1, 0.15) is 4.64 Å². The molecule has 0 atom stereocenters. The number of aromatic amines is 1. The molecule has 0 radical (unpaired) electrons. The summed E-state index contributed by atoms with van der Waals surface area (Å²) in [6.07, 6.45) is -4.40. The average Bonchev–Trinajstić information content (AvgIpc) is 2.25. The van der Waals surface area contributed by atoms with Crippen molar-refractivity contribution in [3.63, 3.8) is 0 Å². The van der Waals surface area contributed by atoms with Crippen molar-refractivity contribution in [2.45, 2.75) is 26.9 Å². The summed E-state index contributed by atoms with van der Waals surface area (Å²) in [6.45, 7) is 5.72. The fraction of sp³-hybridized carbons (Fsp3) is 0.267. The van der Waals surface area contributed by atoms with Gasteiger partial charge in [-0.3, -0.25) is 0 Å². The van der Waals surface area contributed by atoms with E-state index in [9.17, 15) is 13.2 Å². The van der Waals surface area contributed by atoms with Gasteiger partial charge in [-0.05, 0) is 44.0 Å². The minimum atomic E-state index is -4.40. The van der Waals surface area contributed by atoms with E-state index in [-0.39, 0.29) is 4.64 Å². The number of halogens is 3. The SMILES string of the molecule is Cc1cc(C)c(-c2cc(C(F)(F)F)cc(=S)[nH]2)c(C)c1. The van der Waals surface area contributed by atoms with Crippen LogP contribution in [0.5, 0.6) is 0 Å². The van der Waals surface area contributed by atoms with Crippen LogP contribution in [0.1, 0.15) is 22.3 Å². The van der Waals surface area contributed by atoms with Crippen LogP contribution in [-0.2, 0) is 6.18 Å². The lowest BCUT2D eigenvalue weighted by Gasteiger charge is -2.14. The molecule has 1 aromatic carbocycles. The topological polar surface area (TPSA) is 15.8 Å². The van der Waals surface area contributed by atoms with E-state index in [4.69, 9.17) is 12.2 Å². The number of rotatable bonds is 1. The lowest BCUT2D eigenvalue weighted by atomic mass is 9.96. The van der Waals surface area contributed by atoms with Crippen molar-refractivity contribution in [3.05, 3.63) is 51.2 Å². The number of hydrogen-bond donors (Lipinski definition) is 1. The predicted molar refractivity (Wildman–Crippen MR) is 76.3 cm³/mol. The van der Waals surface area contributed by atoms with Crippen LogP contribution in [0.4, 0.5) is 13.2 Å². The summed E-state index contributed by atoms with van der Waals surface area (Å²) >= 11 is 4.91. The lowest BCUT2D eigenvalue weighted by molar-refractivity contribution is -0.137. The number of aryl methyl sites for hydroxylation is 3. The number of nitrogens with one attached hydrogen (secondary N) is 1. The largest absolute Gasteiger partial charge is 0.416 e. The third-order valence-electron chi connectivity index (χ3n) is 3.12. The maximum absolute atomic E-state index is 12.9. The predicted octanol–water partition coefficient (Wildman–Crippen LogP) is 5.36. The molecule has 0 fully saturated rings. The van der Waals surface area contributed by atoms with Crippen LogP contribution < -0.4 is 0 Å². The summed E-state index contributed by atoms with van der Waals surface area (Å²) < 4.78 is 38.7. The third kappa shape index (κ3) is 2.93. The lowest BCUT2D eigenvalue weighted by Crippen LogP contribution is -2.06. The summed E-state index contributed by atoms with van der Waals surface area (Å²) in [7, 11) is 0. The maximum Gasteiger partial charge on any atom is 0.416 e. The highest BCUT2D eigenvalue weighted by atomic mass is 32.1. The van der Waals surface area contributed by atoms with Crippen molar-refractivity contribution < 1.29 is 13.2 Å². The molecule has 0 aliphatic rings. The second-order valence-corrected chi connectivity index (χ2v) is 5.36. The molecule has 20 heavy (non-hydrogen) atoms. The average molecular weight is 297 g/mol. The van der Waals surface area contributed by atoms with E-state index in [0.29, 0.717) is 5.69 Å². The van der Waals surface area contributed by atoms with Gasteiger partial charge in [-0.2, -0.15) is 13.2 Å². The van der Waals surface area contributed by atoms with Gasteiger partial charge in [0.25, 0.3) is 0 Å². The summed E-state index contributed by atoms with van der Waals surface area (Å²) in [5, 5.41) is 0. The minimum Gasteiger partial charge on any atom is -0.346 e. The Morgan fingerprint density at radius 2 is 1.50 bits per heavy atom. The quantitative estimate of drug-likeness (QED) is 0.701. The first-order valence-corrected chi connectivity index (χ1v) is 6.49. The Balaban J connectivity index is 2.71. The molecule has 5 heteroatoms. The second-order valence-electron chi connectivity index (χ2n) is 4.92. The Bertz CT molecular complexity index is 691. The Morgan fingerprint density at radius 1 is 0.950 bits per heavy atom. The van der Waals surface area contributed by atoms with E-state index in [2.05, 4.69) is 4.98 Å². The molecular weight excluding hydrogens is 283 g/mol. The van der Waals surface area contributed by atoms with E-state index >= 15 is 0 Å². The van der Waals surface area contributed by atoms with E-state index in [1.54, 1.807) is 0 Å². The van der Waals surface area contributed by atoms with E-state index in [0.717, 1.165) is 34.4 Å². The molecule has 2 rings (SSSR count). The fourth-order valence-corrected chi connectivity index (χ4v) is 2.68. The van der Waals surface area contributed by atoms with Crippen molar-refractivity contribution >= 4 is 12.2 Å². The van der Waals surface area contributed by atoms with Crippen LogP contribution in [0.15, 0.2) is 24.3 Å². The van der Waals surface area contributed by atoms with Crippen LogP contribution in [-0.4, -0.2) is 4.98 Å². The Labute approximate surface area is 120 Å². The van der Waals surface area contributed by atoms with Crippen molar-refractivity contribution in [2.24, 2.45) is 0 Å². The first-order valence-electron chi connectivity index (χ1n) is 6.08. The van der Waals surface area contributed by atoms with Gasteiger partial charge in [0.2, 0.25) is 0 Å². The Hall–Kier alpha value is -1.62. The van der Waals surface area contributed by atoms with Crippen molar-refractivity contribution in [1.29, 1.82) is 0 Å². The molecular formula is C15H14F3NS. The molecule has 0 aliphatic heterocycles. The number of benzene rings is 1. The van der Waals surface area contributed by atoms with Gasteiger partial charge in [-0.15, -0.1) is 0 Å². The number of alkyl halides is 3. The minimum absolute atomic E-state index is 0.0780. The molecule has 1 heterocycles. The number of H-pyrrole nitrogens is 1. The highest BCUT2D eigenvalue weighted by Crippen LogP contribution is 2.33.